The highest BCUT2D eigenvalue weighted by Crippen LogP contribution is 2.27. The molecule has 0 bridgehead atoms. The molecule has 0 fully saturated rings. The second-order valence-electron chi connectivity index (χ2n) is 5.62. The number of methoxy groups -OCH3 is 1. The van der Waals surface area contributed by atoms with E-state index >= 15 is 0 Å². The van der Waals surface area contributed by atoms with Gasteiger partial charge in [-0.1, -0.05) is 12.1 Å². The van der Waals surface area contributed by atoms with Crippen LogP contribution in [0.3, 0.4) is 0 Å². The lowest BCUT2D eigenvalue weighted by Gasteiger charge is -2.13. The van der Waals surface area contributed by atoms with Crippen LogP contribution in [0.25, 0.3) is 11.1 Å². The van der Waals surface area contributed by atoms with Crippen molar-refractivity contribution in [3.63, 3.8) is 0 Å². The molecule has 1 heterocycles. The van der Waals surface area contributed by atoms with Crippen molar-refractivity contribution in [2.75, 3.05) is 13.7 Å². The third-order valence-corrected chi connectivity index (χ3v) is 4.61. The zero-order chi connectivity index (χ0) is 17.4. The molecule has 1 aromatic heterocycles. The second kappa shape index (κ2) is 9.30. The SMILES string of the molecule is COc1ccc(-c2csc(CNC(=O)NC(C)CCCO)c2)cc1. The molecule has 0 spiro atoms. The summed E-state index contributed by atoms with van der Waals surface area (Å²) in [6, 6.07) is 9.87. The predicted molar refractivity (Wildman–Crippen MR) is 97.5 cm³/mol. The minimum absolute atomic E-state index is 0.0512. The van der Waals surface area contributed by atoms with E-state index in [0.717, 1.165) is 28.2 Å². The van der Waals surface area contributed by atoms with E-state index < -0.39 is 0 Å². The molecule has 2 amide bonds. The van der Waals surface area contributed by atoms with E-state index in [4.69, 9.17) is 9.84 Å². The molecule has 0 aliphatic rings. The number of rotatable bonds is 8. The summed E-state index contributed by atoms with van der Waals surface area (Å²) in [5.74, 6) is 0.836. The van der Waals surface area contributed by atoms with Crippen LogP contribution < -0.4 is 15.4 Å². The molecule has 3 N–H and O–H groups in total. The monoisotopic (exact) mass is 348 g/mol. The number of carbonyl (C=O) groups is 1. The Morgan fingerprint density at radius 2 is 2.04 bits per heavy atom. The van der Waals surface area contributed by atoms with Crippen molar-refractivity contribution in [1.82, 2.24) is 10.6 Å². The molecule has 0 aliphatic heterocycles. The number of aliphatic hydroxyl groups is 1. The normalized spacial score (nSPS) is 11.8. The first kappa shape index (κ1) is 18.3. The van der Waals surface area contributed by atoms with Crippen molar-refractivity contribution in [3.8, 4) is 16.9 Å². The van der Waals surface area contributed by atoms with Gasteiger partial charge >= 0.3 is 6.03 Å². The number of urea groups is 1. The van der Waals surface area contributed by atoms with Crippen molar-refractivity contribution in [1.29, 1.82) is 0 Å². The Labute approximate surface area is 146 Å². The summed E-state index contributed by atoms with van der Waals surface area (Å²) in [6.45, 7) is 2.58. The standard InChI is InChI=1S/C18H24N2O3S/c1-13(4-3-9-21)20-18(22)19-11-17-10-15(12-24-17)14-5-7-16(23-2)8-6-14/h5-8,10,12-13,21H,3-4,9,11H2,1-2H3,(H2,19,20,22). The number of ether oxygens (including phenoxy) is 1. The average molecular weight is 348 g/mol. The van der Waals surface area contributed by atoms with Gasteiger partial charge in [0.2, 0.25) is 0 Å². The Kier molecular flexibility index (Phi) is 7.08. The molecule has 0 saturated carbocycles. The molecule has 2 rings (SSSR count). The van der Waals surface area contributed by atoms with Crippen LogP contribution in [0.1, 0.15) is 24.6 Å². The van der Waals surface area contributed by atoms with Crippen LogP contribution >= 0.6 is 11.3 Å². The Bertz CT molecular complexity index is 640. The number of carbonyl (C=O) groups excluding carboxylic acids is 1. The van der Waals surface area contributed by atoms with Gasteiger partial charge in [-0.3, -0.25) is 0 Å². The van der Waals surface area contributed by atoms with Crippen molar-refractivity contribution >= 4 is 17.4 Å². The fourth-order valence-corrected chi connectivity index (χ4v) is 3.15. The summed E-state index contributed by atoms with van der Waals surface area (Å²) < 4.78 is 5.17. The van der Waals surface area contributed by atoms with Crippen LogP contribution in [-0.4, -0.2) is 30.9 Å². The maximum absolute atomic E-state index is 11.8. The average Bonchev–Trinajstić information content (AvgIpc) is 3.07. The smallest absolute Gasteiger partial charge is 0.315 e. The molecule has 130 valence electrons. The van der Waals surface area contributed by atoms with Gasteiger partial charge < -0.3 is 20.5 Å². The van der Waals surface area contributed by atoms with E-state index in [1.807, 2.05) is 31.2 Å². The molecular formula is C18H24N2O3S. The lowest BCUT2D eigenvalue weighted by Crippen LogP contribution is -2.40. The summed E-state index contributed by atoms with van der Waals surface area (Å²) >= 11 is 1.62. The zero-order valence-corrected chi connectivity index (χ0v) is 14.9. The van der Waals surface area contributed by atoms with E-state index in [2.05, 4.69) is 22.1 Å². The van der Waals surface area contributed by atoms with E-state index in [-0.39, 0.29) is 18.7 Å². The third kappa shape index (κ3) is 5.54. The molecule has 1 aromatic carbocycles. The highest BCUT2D eigenvalue weighted by atomic mass is 32.1. The van der Waals surface area contributed by atoms with Crippen LogP contribution in [0.15, 0.2) is 35.7 Å². The van der Waals surface area contributed by atoms with Crippen LogP contribution in [-0.2, 0) is 6.54 Å². The van der Waals surface area contributed by atoms with Gasteiger partial charge in [0.15, 0.2) is 0 Å². The number of aliphatic hydroxyl groups excluding tert-OH is 1. The zero-order valence-electron chi connectivity index (χ0n) is 14.0. The molecule has 6 heteroatoms. The number of nitrogens with one attached hydrogen (secondary N) is 2. The summed E-state index contributed by atoms with van der Waals surface area (Å²) in [7, 11) is 1.65. The number of benzene rings is 1. The van der Waals surface area contributed by atoms with Gasteiger partial charge in [0.1, 0.15) is 5.75 Å². The topological polar surface area (TPSA) is 70.6 Å². The summed E-state index contributed by atoms with van der Waals surface area (Å²) in [4.78, 5) is 12.9. The predicted octanol–water partition coefficient (Wildman–Crippen LogP) is 3.38. The Morgan fingerprint density at radius 1 is 1.29 bits per heavy atom. The largest absolute Gasteiger partial charge is 0.497 e. The highest BCUT2D eigenvalue weighted by Gasteiger charge is 2.08. The summed E-state index contributed by atoms with van der Waals surface area (Å²) in [5.41, 5.74) is 2.26. The van der Waals surface area contributed by atoms with Crippen LogP contribution in [0.4, 0.5) is 4.79 Å². The molecule has 24 heavy (non-hydrogen) atoms. The molecular weight excluding hydrogens is 324 g/mol. The number of thiophene rings is 1. The fraction of sp³-hybridized carbons (Fsp3) is 0.389. The quantitative estimate of drug-likeness (QED) is 0.685. The molecule has 5 nitrogen and oxygen atoms in total. The second-order valence-corrected chi connectivity index (χ2v) is 6.62. The summed E-state index contributed by atoms with van der Waals surface area (Å²) in [5, 5.41) is 16.6. The maximum Gasteiger partial charge on any atom is 0.315 e. The van der Waals surface area contributed by atoms with Gasteiger partial charge in [-0.2, -0.15) is 0 Å². The van der Waals surface area contributed by atoms with Gasteiger partial charge in [-0.25, -0.2) is 4.79 Å². The van der Waals surface area contributed by atoms with E-state index in [1.165, 1.54) is 0 Å². The van der Waals surface area contributed by atoms with E-state index in [0.29, 0.717) is 13.0 Å². The van der Waals surface area contributed by atoms with Crippen LogP contribution in [0.5, 0.6) is 5.75 Å². The lowest BCUT2D eigenvalue weighted by atomic mass is 10.1. The van der Waals surface area contributed by atoms with Gasteiger partial charge in [-0.15, -0.1) is 11.3 Å². The number of amides is 2. The third-order valence-electron chi connectivity index (χ3n) is 3.67. The minimum Gasteiger partial charge on any atom is -0.497 e. The molecule has 0 radical (unpaired) electrons. The van der Waals surface area contributed by atoms with E-state index in [9.17, 15) is 4.79 Å². The Morgan fingerprint density at radius 3 is 2.71 bits per heavy atom. The molecule has 1 unspecified atom stereocenters. The van der Waals surface area contributed by atoms with Crippen molar-refractivity contribution < 1.29 is 14.6 Å². The first-order chi connectivity index (χ1) is 11.6. The first-order valence-corrected chi connectivity index (χ1v) is 8.87. The molecule has 1 atom stereocenters. The van der Waals surface area contributed by atoms with Gasteiger partial charge in [-0.05, 0) is 54.5 Å². The Balaban J connectivity index is 1.83. The first-order valence-electron chi connectivity index (χ1n) is 7.99. The van der Waals surface area contributed by atoms with Gasteiger partial charge in [0.05, 0.1) is 13.7 Å². The van der Waals surface area contributed by atoms with Crippen LogP contribution in [0.2, 0.25) is 0 Å². The molecule has 0 saturated heterocycles. The molecule has 2 aromatic rings. The fourth-order valence-electron chi connectivity index (χ4n) is 2.32. The number of hydrogen-bond donors (Lipinski definition) is 3. The van der Waals surface area contributed by atoms with Crippen molar-refractivity contribution in [2.24, 2.45) is 0 Å². The summed E-state index contributed by atoms with van der Waals surface area (Å²) in [6.07, 6.45) is 1.46. The van der Waals surface area contributed by atoms with Gasteiger partial charge in [0, 0.05) is 17.5 Å². The maximum atomic E-state index is 11.8. The highest BCUT2D eigenvalue weighted by molar-refractivity contribution is 7.10. The lowest BCUT2D eigenvalue weighted by molar-refractivity contribution is 0.234. The van der Waals surface area contributed by atoms with Crippen molar-refractivity contribution in [2.45, 2.75) is 32.4 Å². The Hall–Kier alpha value is -2.05. The molecule has 0 aliphatic carbocycles. The van der Waals surface area contributed by atoms with E-state index in [1.54, 1.807) is 18.4 Å². The minimum atomic E-state index is -0.181. The van der Waals surface area contributed by atoms with Gasteiger partial charge in [0.25, 0.3) is 0 Å². The van der Waals surface area contributed by atoms with Crippen LogP contribution in [0, 0.1) is 0 Å². The number of hydrogen-bond acceptors (Lipinski definition) is 4. The van der Waals surface area contributed by atoms with Crippen molar-refractivity contribution in [3.05, 3.63) is 40.6 Å².